The van der Waals surface area contributed by atoms with Crippen molar-refractivity contribution in [2.24, 2.45) is 5.92 Å². The number of aromatic nitrogens is 2. The van der Waals surface area contributed by atoms with E-state index in [0.717, 1.165) is 25.9 Å². The van der Waals surface area contributed by atoms with Crippen LogP contribution >= 0.6 is 0 Å². The van der Waals surface area contributed by atoms with Crippen LogP contribution in [0, 0.1) is 5.92 Å². The zero-order valence-corrected chi connectivity index (χ0v) is 10.6. The number of anilines is 1. The summed E-state index contributed by atoms with van der Waals surface area (Å²) in [6.45, 7) is 3.30. The fraction of sp³-hybridized carbons (Fsp3) is 0.750. The van der Waals surface area contributed by atoms with Crippen molar-refractivity contribution in [3.63, 3.8) is 0 Å². The summed E-state index contributed by atoms with van der Waals surface area (Å²) in [6.07, 6.45) is 4.89. The number of β-amino-alcohol motifs (C(OH)–C–C–N with tert-alkyl or cyclic N) is 1. The molecule has 0 radical (unpaired) electrons. The topological polar surface area (TPSA) is 87.5 Å². The molecule has 1 fully saturated rings. The van der Waals surface area contributed by atoms with Gasteiger partial charge in [-0.15, -0.1) is 0 Å². The van der Waals surface area contributed by atoms with Crippen LogP contribution in [-0.2, 0) is 6.54 Å². The smallest absolute Gasteiger partial charge is 0.0862 e. The predicted octanol–water partition coefficient (Wildman–Crippen LogP) is -0.470. The quantitative estimate of drug-likeness (QED) is 0.661. The zero-order valence-electron chi connectivity index (χ0n) is 10.6. The number of aliphatic hydroxyl groups is 2. The van der Waals surface area contributed by atoms with Gasteiger partial charge in [-0.25, -0.2) is 0 Å². The SMILES string of the molecule is Nc1cnn(CC(O)CN2CCC(CO)CC2)c1. The number of piperidine rings is 1. The molecule has 1 aromatic heterocycles. The number of likely N-dealkylation sites (tertiary alicyclic amines) is 1. The highest BCUT2D eigenvalue weighted by molar-refractivity contribution is 5.30. The van der Waals surface area contributed by atoms with Crippen molar-refractivity contribution in [1.82, 2.24) is 14.7 Å². The highest BCUT2D eigenvalue weighted by atomic mass is 16.3. The number of nitrogens with two attached hydrogens (primary N) is 1. The average molecular weight is 254 g/mol. The van der Waals surface area contributed by atoms with E-state index in [1.165, 1.54) is 0 Å². The Balaban J connectivity index is 1.73. The zero-order chi connectivity index (χ0) is 13.0. The summed E-state index contributed by atoms with van der Waals surface area (Å²) in [5, 5.41) is 23.1. The van der Waals surface area contributed by atoms with Gasteiger partial charge in [-0.2, -0.15) is 5.10 Å². The maximum atomic E-state index is 9.99. The Kier molecular flexibility index (Phi) is 4.57. The lowest BCUT2D eigenvalue weighted by Crippen LogP contribution is -2.40. The van der Waals surface area contributed by atoms with Crippen molar-refractivity contribution in [2.75, 3.05) is 32.0 Å². The van der Waals surface area contributed by atoms with E-state index in [1.54, 1.807) is 17.1 Å². The fourth-order valence-corrected chi connectivity index (χ4v) is 2.40. The van der Waals surface area contributed by atoms with E-state index in [4.69, 9.17) is 10.8 Å². The molecule has 1 aliphatic heterocycles. The molecule has 0 saturated carbocycles. The highest BCUT2D eigenvalue weighted by Crippen LogP contribution is 2.16. The van der Waals surface area contributed by atoms with Gasteiger partial charge in [-0.05, 0) is 31.8 Å². The maximum Gasteiger partial charge on any atom is 0.0862 e. The number of nitrogens with zero attached hydrogens (tertiary/aromatic N) is 3. The van der Waals surface area contributed by atoms with Gasteiger partial charge < -0.3 is 20.8 Å². The average Bonchev–Trinajstić information content (AvgIpc) is 2.75. The third-order valence-corrected chi connectivity index (χ3v) is 3.49. The van der Waals surface area contributed by atoms with Crippen LogP contribution in [0.3, 0.4) is 0 Å². The Morgan fingerprint density at radius 2 is 2.11 bits per heavy atom. The molecule has 0 spiro atoms. The predicted molar refractivity (Wildman–Crippen MR) is 68.9 cm³/mol. The van der Waals surface area contributed by atoms with Crippen LogP contribution in [0.25, 0.3) is 0 Å². The van der Waals surface area contributed by atoms with Gasteiger partial charge in [0.05, 0.1) is 24.5 Å². The summed E-state index contributed by atoms with van der Waals surface area (Å²) in [4.78, 5) is 2.24. The third kappa shape index (κ3) is 3.69. The minimum Gasteiger partial charge on any atom is -0.396 e. The summed E-state index contributed by atoms with van der Waals surface area (Å²) in [5.41, 5.74) is 6.19. The highest BCUT2D eigenvalue weighted by Gasteiger charge is 2.20. The first-order chi connectivity index (χ1) is 8.67. The van der Waals surface area contributed by atoms with Gasteiger partial charge in [-0.1, -0.05) is 0 Å². The fourth-order valence-electron chi connectivity index (χ4n) is 2.40. The van der Waals surface area contributed by atoms with Crippen LogP contribution in [0.2, 0.25) is 0 Å². The maximum absolute atomic E-state index is 9.99. The van der Waals surface area contributed by atoms with Crippen LogP contribution in [0.15, 0.2) is 12.4 Å². The van der Waals surface area contributed by atoms with E-state index in [9.17, 15) is 5.11 Å². The molecule has 102 valence electrons. The number of hydrogen-bond donors (Lipinski definition) is 3. The number of rotatable bonds is 5. The molecular formula is C12H22N4O2. The van der Waals surface area contributed by atoms with Crippen molar-refractivity contribution < 1.29 is 10.2 Å². The summed E-state index contributed by atoms with van der Waals surface area (Å²) in [6, 6.07) is 0. The van der Waals surface area contributed by atoms with Gasteiger partial charge in [-0.3, -0.25) is 4.68 Å². The second-order valence-electron chi connectivity index (χ2n) is 5.08. The Morgan fingerprint density at radius 3 is 2.67 bits per heavy atom. The van der Waals surface area contributed by atoms with Gasteiger partial charge in [0.15, 0.2) is 0 Å². The van der Waals surface area contributed by atoms with E-state index in [-0.39, 0.29) is 6.61 Å². The van der Waals surface area contributed by atoms with Crippen LogP contribution in [-0.4, -0.2) is 57.2 Å². The molecule has 0 amide bonds. The molecule has 2 rings (SSSR count). The Morgan fingerprint density at radius 1 is 1.39 bits per heavy atom. The van der Waals surface area contributed by atoms with E-state index in [0.29, 0.717) is 24.7 Å². The van der Waals surface area contributed by atoms with Gasteiger partial charge >= 0.3 is 0 Å². The molecule has 1 aliphatic rings. The van der Waals surface area contributed by atoms with Crippen molar-refractivity contribution in [2.45, 2.75) is 25.5 Å². The molecule has 0 aliphatic carbocycles. The summed E-state index contributed by atoms with van der Waals surface area (Å²) >= 11 is 0. The molecule has 6 heteroatoms. The third-order valence-electron chi connectivity index (χ3n) is 3.49. The molecule has 6 nitrogen and oxygen atoms in total. The first kappa shape index (κ1) is 13.3. The number of nitrogen functional groups attached to an aromatic ring is 1. The first-order valence-corrected chi connectivity index (χ1v) is 6.46. The van der Waals surface area contributed by atoms with Gasteiger partial charge in [0.2, 0.25) is 0 Å². The molecule has 0 aromatic carbocycles. The van der Waals surface area contributed by atoms with Crippen LogP contribution in [0.1, 0.15) is 12.8 Å². The monoisotopic (exact) mass is 254 g/mol. The van der Waals surface area contributed by atoms with Crippen LogP contribution in [0.5, 0.6) is 0 Å². The van der Waals surface area contributed by atoms with E-state index >= 15 is 0 Å². The lowest BCUT2D eigenvalue weighted by atomic mass is 9.98. The standard InChI is InChI=1S/C12H22N4O2/c13-11-5-14-16(6-11)8-12(18)7-15-3-1-10(9-17)2-4-15/h5-6,10,12,17-18H,1-4,7-9,13H2. The summed E-state index contributed by atoms with van der Waals surface area (Å²) in [7, 11) is 0. The molecule has 1 aromatic rings. The largest absolute Gasteiger partial charge is 0.396 e. The second kappa shape index (κ2) is 6.17. The van der Waals surface area contributed by atoms with Gasteiger partial charge in [0.1, 0.15) is 0 Å². The van der Waals surface area contributed by atoms with Crippen LogP contribution in [0.4, 0.5) is 5.69 Å². The Hall–Kier alpha value is -1.11. The number of hydrogen-bond acceptors (Lipinski definition) is 5. The molecule has 18 heavy (non-hydrogen) atoms. The second-order valence-corrected chi connectivity index (χ2v) is 5.08. The first-order valence-electron chi connectivity index (χ1n) is 6.46. The van der Waals surface area contributed by atoms with Crippen molar-refractivity contribution in [3.8, 4) is 0 Å². The Bertz CT molecular complexity index is 361. The van der Waals surface area contributed by atoms with Crippen LogP contribution < -0.4 is 5.73 Å². The molecule has 2 heterocycles. The lowest BCUT2D eigenvalue weighted by molar-refractivity contribution is 0.0661. The van der Waals surface area contributed by atoms with E-state index < -0.39 is 6.10 Å². The molecule has 4 N–H and O–H groups in total. The lowest BCUT2D eigenvalue weighted by Gasteiger charge is -2.32. The van der Waals surface area contributed by atoms with Gasteiger partial charge in [0, 0.05) is 19.3 Å². The van der Waals surface area contributed by atoms with Crippen molar-refractivity contribution >= 4 is 5.69 Å². The minimum atomic E-state index is -0.435. The van der Waals surface area contributed by atoms with E-state index in [1.807, 2.05) is 0 Å². The van der Waals surface area contributed by atoms with Gasteiger partial charge in [0.25, 0.3) is 0 Å². The molecule has 1 atom stereocenters. The van der Waals surface area contributed by atoms with Crippen molar-refractivity contribution in [3.05, 3.63) is 12.4 Å². The molecular weight excluding hydrogens is 232 g/mol. The Labute approximate surface area is 107 Å². The minimum absolute atomic E-state index is 0.281. The van der Waals surface area contributed by atoms with E-state index in [2.05, 4.69) is 10.00 Å². The molecule has 1 saturated heterocycles. The number of aliphatic hydroxyl groups excluding tert-OH is 2. The summed E-state index contributed by atoms with van der Waals surface area (Å²) < 4.78 is 1.67. The van der Waals surface area contributed by atoms with Crippen molar-refractivity contribution in [1.29, 1.82) is 0 Å². The normalized spacial score (nSPS) is 20.1. The molecule has 1 unspecified atom stereocenters. The molecule has 0 bridgehead atoms. The summed E-state index contributed by atoms with van der Waals surface area (Å²) in [5.74, 6) is 0.435.